The van der Waals surface area contributed by atoms with Gasteiger partial charge < -0.3 is 19.1 Å². The number of carbonyl (C=O) groups is 1. The highest BCUT2D eigenvalue weighted by molar-refractivity contribution is 6.19. The normalized spacial score (nSPS) is 11.2. The third-order valence-electron chi connectivity index (χ3n) is 5.92. The molecule has 4 rings (SSSR count). The first-order valence-electron chi connectivity index (χ1n) is 11.8. The molecule has 1 N–H and O–H groups in total. The fraction of sp³-hybridized carbons (Fsp3) is 0.321. The summed E-state index contributed by atoms with van der Waals surface area (Å²) in [6.45, 7) is 6.01. The third-order valence-corrected chi connectivity index (χ3v) is 5.92. The first kappa shape index (κ1) is 22.7. The Morgan fingerprint density at radius 3 is 2.45 bits per heavy atom. The van der Waals surface area contributed by atoms with E-state index in [1.165, 1.54) is 5.56 Å². The van der Waals surface area contributed by atoms with Crippen molar-refractivity contribution in [1.82, 2.24) is 4.57 Å². The maximum Gasteiger partial charge on any atom is 0.336 e. The number of benzene rings is 3. The molecule has 172 valence electrons. The van der Waals surface area contributed by atoms with Crippen LogP contribution in [-0.2, 0) is 13.0 Å². The molecule has 4 aromatic rings. The number of fused-ring (bicyclic) bond motifs is 3. The van der Waals surface area contributed by atoms with E-state index < -0.39 is 5.97 Å². The molecule has 0 bridgehead atoms. The predicted octanol–water partition coefficient (Wildman–Crippen LogP) is 6.70. The van der Waals surface area contributed by atoms with Gasteiger partial charge in [-0.2, -0.15) is 0 Å². The minimum atomic E-state index is -0.931. The summed E-state index contributed by atoms with van der Waals surface area (Å²) >= 11 is 0. The van der Waals surface area contributed by atoms with Crippen LogP contribution in [0.1, 0.15) is 49.0 Å². The molecule has 0 aliphatic carbocycles. The summed E-state index contributed by atoms with van der Waals surface area (Å²) in [6, 6.07) is 19.7. The van der Waals surface area contributed by atoms with E-state index in [1.54, 1.807) is 6.07 Å². The van der Waals surface area contributed by atoms with Crippen LogP contribution in [0.5, 0.6) is 11.5 Å². The van der Waals surface area contributed by atoms with Crippen molar-refractivity contribution in [3.63, 3.8) is 0 Å². The Morgan fingerprint density at radius 2 is 1.73 bits per heavy atom. The molecule has 0 amide bonds. The molecular formula is C28H31NO4. The lowest BCUT2D eigenvalue weighted by Gasteiger charge is -2.13. The average molecular weight is 446 g/mol. The maximum atomic E-state index is 12.1. The number of rotatable bonds is 11. The van der Waals surface area contributed by atoms with E-state index in [4.69, 9.17) is 9.47 Å². The van der Waals surface area contributed by atoms with Gasteiger partial charge in [0.25, 0.3) is 0 Å². The predicted molar refractivity (Wildman–Crippen MR) is 133 cm³/mol. The number of ether oxygens (including phenoxy) is 2. The van der Waals surface area contributed by atoms with E-state index in [0.29, 0.717) is 24.5 Å². The number of carboxylic acids is 1. The number of aromatic carboxylic acids is 1. The smallest absolute Gasteiger partial charge is 0.336 e. The highest BCUT2D eigenvalue weighted by Crippen LogP contribution is 2.41. The van der Waals surface area contributed by atoms with Crippen molar-refractivity contribution in [2.75, 3.05) is 13.2 Å². The second-order valence-electron chi connectivity index (χ2n) is 8.20. The van der Waals surface area contributed by atoms with Gasteiger partial charge in [-0.1, -0.05) is 49.7 Å². The molecule has 0 radical (unpaired) electrons. The van der Waals surface area contributed by atoms with Crippen LogP contribution in [0.25, 0.3) is 21.8 Å². The van der Waals surface area contributed by atoms with Gasteiger partial charge in [-0.05, 0) is 43.9 Å². The molecule has 5 heteroatoms. The first-order chi connectivity index (χ1) is 16.1. The zero-order chi connectivity index (χ0) is 23.2. The van der Waals surface area contributed by atoms with Gasteiger partial charge in [-0.3, -0.25) is 0 Å². The largest absolute Gasteiger partial charge is 0.494 e. The molecular weight excluding hydrogens is 414 g/mol. The molecule has 3 aromatic carbocycles. The van der Waals surface area contributed by atoms with Crippen LogP contribution in [0.3, 0.4) is 0 Å². The van der Waals surface area contributed by atoms with Crippen molar-refractivity contribution < 1.29 is 19.4 Å². The molecule has 0 saturated carbocycles. The number of aromatic nitrogens is 1. The number of hydrogen-bond donors (Lipinski definition) is 1. The molecule has 1 heterocycles. The van der Waals surface area contributed by atoms with E-state index in [9.17, 15) is 9.90 Å². The molecule has 0 aliphatic rings. The summed E-state index contributed by atoms with van der Waals surface area (Å²) in [5.41, 5.74) is 3.45. The van der Waals surface area contributed by atoms with E-state index in [2.05, 4.69) is 23.6 Å². The highest BCUT2D eigenvalue weighted by atomic mass is 16.5. The van der Waals surface area contributed by atoms with Gasteiger partial charge >= 0.3 is 5.97 Å². The fourth-order valence-corrected chi connectivity index (χ4v) is 4.40. The Kier molecular flexibility index (Phi) is 7.18. The molecule has 0 unspecified atom stereocenters. The maximum absolute atomic E-state index is 12.1. The SMILES string of the molecule is CCCCn1c2cc(OCC)cc(OCCCc3ccccc3)c2c2c(C(=O)O)cccc21. The molecule has 1 aromatic heterocycles. The van der Waals surface area contributed by atoms with Crippen molar-refractivity contribution in [3.05, 3.63) is 71.8 Å². The van der Waals surface area contributed by atoms with Crippen molar-refractivity contribution in [3.8, 4) is 11.5 Å². The summed E-state index contributed by atoms with van der Waals surface area (Å²) in [4.78, 5) is 12.1. The summed E-state index contributed by atoms with van der Waals surface area (Å²) < 4.78 is 14.4. The summed E-state index contributed by atoms with van der Waals surface area (Å²) in [5, 5.41) is 11.5. The first-order valence-corrected chi connectivity index (χ1v) is 11.8. The molecule has 0 fully saturated rings. The van der Waals surface area contributed by atoms with Crippen molar-refractivity contribution in [2.24, 2.45) is 0 Å². The van der Waals surface area contributed by atoms with Crippen LogP contribution in [0.15, 0.2) is 60.7 Å². The molecule has 5 nitrogen and oxygen atoms in total. The average Bonchev–Trinajstić information content (AvgIpc) is 3.14. The quantitative estimate of drug-likeness (QED) is 0.261. The van der Waals surface area contributed by atoms with Gasteiger partial charge in [0.15, 0.2) is 0 Å². The second kappa shape index (κ2) is 10.4. The standard InChI is InChI=1S/C28H31NO4/c1-3-5-16-29-23-15-9-14-22(28(30)31)26(23)27-24(29)18-21(32-4-2)19-25(27)33-17-10-13-20-11-7-6-8-12-20/h6-9,11-12,14-15,18-19H,3-5,10,13,16-17H2,1-2H3,(H,30,31). The Bertz CT molecular complexity index is 1240. The molecule has 0 aliphatic heterocycles. The van der Waals surface area contributed by atoms with Crippen LogP contribution in [0, 0.1) is 0 Å². The lowest BCUT2D eigenvalue weighted by atomic mass is 10.1. The fourth-order valence-electron chi connectivity index (χ4n) is 4.40. The number of unbranched alkanes of at least 4 members (excludes halogenated alkanes) is 1. The Balaban J connectivity index is 1.79. The Hall–Kier alpha value is -3.47. The van der Waals surface area contributed by atoms with Gasteiger partial charge in [0.1, 0.15) is 11.5 Å². The number of aryl methyl sites for hydroxylation is 2. The van der Waals surface area contributed by atoms with Crippen LogP contribution in [0.2, 0.25) is 0 Å². The number of hydrogen-bond acceptors (Lipinski definition) is 3. The van der Waals surface area contributed by atoms with Gasteiger partial charge in [0.2, 0.25) is 0 Å². The van der Waals surface area contributed by atoms with E-state index in [1.807, 2.05) is 49.4 Å². The van der Waals surface area contributed by atoms with Gasteiger partial charge in [-0.15, -0.1) is 0 Å². The van der Waals surface area contributed by atoms with E-state index >= 15 is 0 Å². The van der Waals surface area contributed by atoms with Crippen LogP contribution < -0.4 is 9.47 Å². The van der Waals surface area contributed by atoms with Crippen molar-refractivity contribution in [1.29, 1.82) is 0 Å². The summed E-state index contributed by atoms with van der Waals surface area (Å²) in [5.74, 6) is 0.484. The van der Waals surface area contributed by atoms with Crippen molar-refractivity contribution in [2.45, 2.75) is 46.1 Å². The zero-order valence-electron chi connectivity index (χ0n) is 19.3. The van der Waals surface area contributed by atoms with Crippen LogP contribution in [-0.4, -0.2) is 28.9 Å². The minimum absolute atomic E-state index is 0.297. The van der Waals surface area contributed by atoms with Crippen LogP contribution in [0.4, 0.5) is 0 Å². The summed E-state index contributed by atoms with van der Waals surface area (Å²) in [7, 11) is 0. The topological polar surface area (TPSA) is 60.7 Å². The van der Waals surface area contributed by atoms with Crippen molar-refractivity contribution >= 4 is 27.8 Å². The van der Waals surface area contributed by atoms with Gasteiger partial charge in [0.05, 0.1) is 35.2 Å². The molecule has 0 atom stereocenters. The number of carboxylic acid groups (broad SMARTS) is 1. The monoisotopic (exact) mass is 445 g/mol. The van der Waals surface area contributed by atoms with Gasteiger partial charge in [0, 0.05) is 24.1 Å². The van der Waals surface area contributed by atoms with E-state index in [0.717, 1.165) is 59.8 Å². The Morgan fingerprint density at radius 1 is 0.909 bits per heavy atom. The minimum Gasteiger partial charge on any atom is -0.494 e. The molecule has 0 saturated heterocycles. The van der Waals surface area contributed by atoms with Crippen LogP contribution >= 0.6 is 0 Å². The highest BCUT2D eigenvalue weighted by Gasteiger charge is 2.21. The third kappa shape index (κ3) is 4.82. The summed E-state index contributed by atoms with van der Waals surface area (Å²) in [6.07, 6.45) is 3.84. The lowest BCUT2D eigenvalue weighted by Crippen LogP contribution is -2.02. The lowest BCUT2D eigenvalue weighted by molar-refractivity contribution is 0.0699. The Labute approximate surface area is 194 Å². The van der Waals surface area contributed by atoms with Gasteiger partial charge in [-0.25, -0.2) is 4.79 Å². The molecule has 0 spiro atoms. The number of nitrogens with zero attached hydrogens (tertiary/aromatic N) is 1. The van der Waals surface area contributed by atoms with E-state index in [-0.39, 0.29) is 0 Å². The zero-order valence-corrected chi connectivity index (χ0v) is 19.3. The second-order valence-corrected chi connectivity index (χ2v) is 8.20. The molecule has 33 heavy (non-hydrogen) atoms.